The summed E-state index contributed by atoms with van der Waals surface area (Å²) >= 11 is 0. The molecule has 0 saturated carbocycles. The van der Waals surface area contributed by atoms with Crippen molar-refractivity contribution in [2.45, 2.75) is 25.9 Å². The van der Waals surface area contributed by atoms with Crippen LogP contribution in [0.15, 0.2) is 48.5 Å². The van der Waals surface area contributed by atoms with Gasteiger partial charge in [-0.2, -0.15) is 0 Å². The number of nitrogens with one attached hydrogen (secondary N) is 1. The molecular formula is C21H23NO5. The van der Waals surface area contributed by atoms with E-state index in [2.05, 4.69) is 5.32 Å². The van der Waals surface area contributed by atoms with Crippen molar-refractivity contribution in [3.8, 4) is 5.75 Å². The van der Waals surface area contributed by atoms with Crippen molar-refractivity contribution in [1.29, 1.82) is 0 Å². The summed E-state index contributed by atoms with van der Waals surface area (Å²) < 4.78 is 5.25. The van der Waals surface area contributed by atoms with Gasteiger partial charge in [0, 0.05) is 23.7 Å². The number of ether oxygens (including phenoxy) is 1. The molecule has 0 fully saturated rings. The summed E-state index contributed by atoms with van der Waals surface area (Å²) in [6.07, 6.45) is 4.44. The van der Waals surface area contributed by atoms with E-state index in [1.54, 1.807) is 43.5 Å². The molecule has 0 atom stereocenters. The molecule has 0 aromatic heterocycles. The molecule has 0 aliphatic heterocycles. The standard InChI is InChI=1S/C21H23NO5/c1-27-19-11-7-16(14-23)13-17(19)8-12-20(24)22-18-9-5-15(6-10-18)3-2-4-21(25)26/h5-13,23H,2-4,14H2,1H3,(H,22,24)(H,25,26). The van der Waals surface area contributed by atoms with Gasteiger partial charge in [0.2, 0.25) is 5.91 Å². The van der Waals surface area contributed by atoms with E-state index in [-0.39, 0.29) is 18.9 Å². The van der Waals surface area contributed by atoms with Crippen molar-refractivity contribution in [2.75, 3.05) is 12.4 Å². The maximum atomic E-state index is 12.1. The van der Waals surface area contributed by atoms with Crippen molar-refractivity contribution < 1.29 is 24.5 Å². The van der Waals surface area contributed by atoms with E-state index in [9.17, 15) is 14.7 Å². The highest BCUT2D eigenvalue weighted by Gasteiger charge is 2.04. The van der Waals surface area contributed by atoms with Crippen LogP contribution in [0, 0.1) is 0 Å². The van der Waals surface area contributed by atoms with Crippen LogP contribution in [0.4, 0.5) is 5.69 Å². The van der Waals surface area contributed by atoms with Crippen LogP contribution in [-0.4, -0.2) is 29.2 Å². The van der Waals surface area contributed by atoms with E-state index in [1.807, 2.05) is 12.1 Å². The van der Waals surface area contributed by atoms with E-state index >= 15 is 0 Å². The molecule has 0 unspecified atom stereocenters. The van der Waals surface area contributed by atoms with Crippen LogP contribution in [0.1, 0.15) is 29.5 Å². The second-order valence-electron chi connectivity index (χ2n) is 6.00. The third-order valence-electron chi connectivity index (χ3n) is 3.97. The summed E-state index contributed by atoms with van der Waals surface area (Å²) in [4.78, 5) is 22.6. The van der Waals surface area contributed by atoms with Crippen LogP contribution in [0.3, 0.4) is 0 Å². The number of aliphatic hydroxyl groups is 1. The van der Waals surface area contributed by atoms with Crippen molar-refractivity contribution in [2.24, 2.45) is 0 Å². The number of carboxylic acid groups (broad SMARTS) is 1. The van der Waals surface area contributed by atoms with E-state index in [0.29, 0.717) is 29.8 Å². The Bertz CT molecular complexity index is 812. The first kappa shape index (κ1) is 20.2. The van der Waals surface area contributed by atoms with Crippen LogP contribution in [-0.2, 0) is 22.6 Å². The second-order valence-corrected chi connectivity index (χ2v) is 6.00. The summed E-state index contributed by atoms with van der Waals surface area (Å²) in [6.45, 7) is -0.0875. The first-order chi connectivity index (χ1) is 13.0. The highest BCUT2D eigenvalue weighted by atomic mass is 16.5. The van der Waals surface area contributed by atoms with E-state index in [4.69, 9.17) is 9.84 Å². The summed E-state index contributed by atoms with van der Waals surface area (Å²) in [5.74, 6) is -0.473. The fourth-order valence-corrected chi connectivity index (χ4v) is 2.56. The lowest BCUT2D eigenvalue weighted by Gasteiger charge is -2.07. The second kappa shape index (κ2) is 10.1. The lowest BCUT2D eigenvalue weighted by Crippen LogP contribution is -2.07. The average molecular weight is 369 g/mol. The Hall–Kier alpha value is -3.12. The van der Waals surface area contributed by atoms with Gasteiger partial charge in [-0.15, -0.1) is 0 Å². The zero-order valence-electron chi connectivity index (χ0n) is 15.1. The molecule has 2 aromatic carbocycles. The highest BCUT2D eigenvalue weighted by molar-refractivity contribution is 6.02. The number of benzene rings is 2. The Kier molecular flexibility index (Phi) is 7.58. The molecule has 0 aliphatic carbocycles. The Labute approximate surface area is 158 Å². The summed E-state index contributed by atoms with van der Waals surface area (Å²) in [7, 11) is 1.55. The predicted octanol–water partition coefficient (Wildman–Crippen LogP) is 3.25. The van der Waals surface area contributed by atoms with Gasteiger partial charge in [0.1, 0.15) is 5.75 Å². The fourth-order valence-electron chi connectivity index (χ4n) is 2.56. The van der Waals surface area contributed by atoms with Crippen LogP contribution in [0.25, 0.3) is 6.08 Å². The minimum atomic E-state index is -0.799. The molecule has 0 saturated heterocycles. The smallest absolute Gasteiger partial charge is 0.303 e. The van der Waals surface area contributed by atoms with Gasteiger partial charge in [-0.25, -0.2) is 0 Å². The topological polar surface area (TPSA) is 95.9 Å². The molecule has 27 heavy (non-hydrogen) atoms. The van der Waals surface area contributed by atoms with Crippen molar-refractivity contribution in [3.05, 3.63) is 65.2 Å². The van der Waals surface area contributed by atoms with Crippen LogP contribution >= 0.6 is 0 Å². The largest absolute Gasteiger partial charge is 0.496 e. The summed E-state index contributed by atoms with van der Waals surface area (Å²) in [5, 5.41) is 20.7. The molecule has 0 aliphatic rings. The number of amides is 1. The zero-order chi connectivity index (χ0) is 19.6. The number of anilines is 1. The monoisotopic (exact) mass is 369 g/mol. The molecule has 0 radical (unpaired) electrons. The van der Waals surface area contributed by atoms with E-state index in [1.165, 1.54) is 6.08 Å². The fraction of sp³-hybridized carbons (Fsp3) is 0.238. The van der Waals surface area contributed by atoms with Gasteiger partial charge in [-0.3, -0.25) is 9.59 Å². The number of hydrogen-bond acceptors (Lipinski definition) is 4. The number of aliphatic hydroxyl groups excluding tert-OH is 1. The number of rotatable bonds is 9. The minimum absolute atomic E-state index is 0.0875. The Balaban J connectivity index is 1.95. The molecule has 6 nitrogen and oxygen atoms in total. The predicted molar refractivity (Wildman–Crippen MR) is 104 cm³/mol. The Morgan fingerprint density at radius 1 is 1.11 bits per heavy atom. The third-order valence-corrected chi connectivity index (χ3v) is 3.97. The number of hydrogen-bond donors (Lipinski definition) is 3. The molecule has 142 valence electrons. The molecule has 6 heteroatoms. The molecule has 3 N–H and O–H groups in total. The number of aliphatic carboxylic acids is 1. The lowest BCUT2D eigenvalue weighted by molar-refractivity contribution is -0.137. The van der Waals surface area contributed by atoms with Gasteiger partial charge >= 0.3 is 5.97 Å². The Morgan fingerprint density at radius 2 is 1.81 bits per heavy atom. The van der Waals surface area contributed by atoms with Crippen LogP contribution < -0.4 is 10.1 Å². The maximum absolute atomic E-state index is 12.1. The van der Waals surface area contributed by atoms with Gasteiger partial charge in [0.25, 0.3) is 0 Å². The molecule has 0 bridgehead atoms. The number of aryl methyl sites for hydroxylation is 1. The summed E-state index contributed by atoms with van der Waals surface area (Å²) in [5.41, 5.74) is 3.11. The summed E-state index contributed by atoms with van der Waals surface area (Å²) in [6, 6.07) is 12.6. The molecule has 0 spiro atoms. The van der Waals surface area contributed by atoms with Crippen molar-refractivity contribution >= 4 is 23.6 Å². The molecule has 1 amide bonds. The van der Waals surface area contributed by atoms with Gasteiger partial charge in [-0.1, -0.05) is 18.2 Å². The van der Waals surface area contributed by atoms with Gasteiger partial charge < -0.3 is 20.3 Å². The minimum Gasteiger partial charge on any atom is -0.496 e. The lowest BCUT2D eigenvalue weighted by atomic mass is 10.1. The number of carbonyl (C=O) groups excluding carboxylic acids is 1. The molecule has 0 heterocycles. The zero-order valence-corrected chi connectivity index (χ0v) is 15.1. The number of carboxylic acids is 1. The van der Waals surface area contributed by atoms with Crippen molar-refractivity contribution in [1.82, 2.24) is 0 Å². The van der Waals surface area contributed by atoms with E-state index < -0.39 is 5.97 Å². The first-order valence-electron chi connectivity index (χ1n) is 8.59. The first-order valence-corrected chi connectivity index (χ1v) is 8.59. The van der Waals surface area contributed by atoms with Crippen LogP contribution in [0.5, 0.6) is 5.75 Å². The van der Waals surface area contributed by atoms with Crippen LogP contribution in [0.2, 0.25) is 0 Å². The van der Waals surface area contributed by atoms with Crippen molar-refractivity contribution in [3.63, 3.8) is 0 Å². The van der Waals surface area contributed by atoms with E-state index in [0.717, 1.165) is 11.1 Å². The van der Waals surface area contributed by atoms with Gasteiger partial charge in [0.15, 0.2) is 0 Å². The molecule has 2 aromatic rings. The normalized spacial score (nSPS) is 10.7. The maximum Gasteiger partial charge on any atom is 0.303 e. The number of carbonyl (C=O) groups is 2. The Morgan fingerprint density at radius 3 is 2.44 bits per heavy atom. The number of methoxy groups -OCH3 is 1. The molecule has 2 rings (SSSR count). The van der Waals surface area contributed by atoms with Gasteiger partial charge in [0.05, 0.1) is 13.7 Å². The SMILES string of the molecule is COc1ccc(CO)cc1C=CC(=O)Nc1ccc(CCCC(=O)O)cc1. The quantitative estimate of drug-likeness (QED) is 0.590. The van der Waals surface area contributed by atoms with Gasteiger partial charge in [-0.05, 0) is 54.3 Å². The highest BCUT2D eigenvalue weighted by Crippen LogP contribution is 2.21. The average Bonchev–Trinajstić information content (AvgIpc) is 2.67. The third kappa shape index (κ3) is 6.60. The molecular weight excluding hydrogens is 346 g/mol.